The normalized spacial score (nSPS) is 24.0. The summed E-state index contributed by atoms with van der Waals surface area (Å²) in [5, 5.41) is 9.22. The molecule has 0 aliphatic carbocycles. The first-order valence-corrected chi connectivity index (χ1v) is 7.65. The monoisotopic (exact) mass is 295 g/mol. The SMILES string of the molecule is CCCC(CC(=O)N1CC(CO)OCC1C)n1ccnc1. The molecule has 21 heavy (non-hydrogen) atoms. The number of hydrogen-bond acceptors (Lipinski definition) is 4. The van der Waals surface area contributed by atoms with Gasteiger partial charge in [0.25, 0.3) is 0 Å². The molecule has 118 valence electrons. The summed E-state index contributed by atoms with van der Waals surface area (Å²) in [7, 11) is 0. The summed E-state index contributed by atoms with van der Waals surface area (Å²) in [5.74, 6) is 0.122. The topological polar surface area (TPSA) is 67.6 Å². The second-order valence-electron chi connectivity index (χ2n) is 5.69. The number of hydrogen-bond donors (Lipinski definition) is 1. The van der Waals surface area contributed by atoms with Crippen LogP contribution in [0.2, 0.25) is 0 Å². The van der Waals surface area contributed by atoms with Crippen LogP contribution in [0.3, 0.4) is 0 Å². The number of rotatable bonds is 6. The second-order valence-corrected chi connectivity index (χ2v) is 5.69. The lowest BCUT2D eigenvalue weighted by Gasteiger charge is -2.38. The molecule has 1 N–H and O–H groups in total. The Morgan fingerprint density at radius 2 is 2.38 bits per heavy atom. The first-order chi connectivity index (χ1) is 10.2. The van der Waals surface area contributed by atoms with E-state index in [1.165, 1.54) is 0 Å². The Labute approximate surface area is 125 Å². The van der Waals surface area contributed by atoms with Crippen LogP contribution < -0.4 is 0 Å². The molecule has 1 aliphatic rings. The van der Waals surface area contributed by atoms with Crippen LogP contribution in [0.4, 0.5) is 0 Å². The lowest BCUT2D eigenvalue weighted by molar-refractivity contribution is -0.147. The van der Waals surface area contributed by atoms with Gasteiger partial charge < -0.3 is 19.3 Å². The fourth-order valence-electron chi connectivity index (χ4n) is 2.77. The van der Waals surface area contributed by atoms with Gasteiger partial charge in [-0.15, -0.1) is 0 Å². The number of imidazole rings is 1. The maximum atomic E-state index is 12.6. The third kappa shape index (κ3) is 4.04. The van der Waals surface area contributed by atoms with Crippen molar-refractivity contribution in [2.45, 2.75) is 51.3 Å². The fraction of sp³-hybridized carbons (Fsp3) is 0.733. The Hall–Kier alpha value is -1.40. The van der Waals surface area contributed by atoms with E-state index in [1.807, 2.05) is 22.6 Å². The zero-order valence-electron chi connectivity index (χ0n) is 12.8. The molecule has 3 atom stereocenters. The van der Waals surface area contributed by atoms with Gasteiger partial charge in [-0.1, -0.05) is 13.3 Å². The number of aliphatic hydroxyl groups excluding tert-OH is 1. The van der Waals surface area contributed by atoms with Gasteiger partial charge in [-0.25, -0.2) is 4.98 Å². The maximum absolute atomic E-state index is 12.6. The summed E-state index contributed by atoms with van der Waals surface area (Å²) in [6.45, 7) is 5.02. The number of aromatic nitrogens is 2. The van der Waals surface area contributed by atoms with Crippen LogP contribution in [0.25, 0.3) is 0 Å². The van der Waals surface area contributed by atoms with Crippen LogP contribution in [-0.2, 0) is 9.53 Å². The van der Waals surface area contributed by atoms with Crippen molar-refractivity contribution >= 4 is 5.91 Å². The Bertz CT molecular complexity index is 435. The molecule has 0 saturated carbocycles. The van der Waals surface area contributed by atoms with Gasteiger partial charge in [-0.05, 0) is 13.3 Å². The van der Waals surface area contributed by atoms with Gasteiger partial charge in [0, 0.05) is 31.4 Å². The molecule has 1 amide bonds. The molecule has 1 aromatic rings. The van der Waals surface area contributed by atoms with Gasteiger partial charge in [0.1, 0.15) is 0 Å². The summed E-state index contributed by atoms with van der Waals surface area (Å²) < 4.78 is 7.50. The van der Waals surface area contributed by atoms with E-state index in [2.05, 4.69) is 11.9 Å². The predicted octanol–water partition coefficient (Wildman–Crippen LogP) is 1.22. The van der Waals surface area contributed by atoms with E-state index >= 15 is 0 Å². The third-order valence-electron chi connectivity index (χ3n) is 4.01. The summed E-state index contributed by atoms with van der Waals surface area (Å²) in [6.07, 6.45) is 7.60. The average Bonchev–Trinajstić information content (AvgIpc) is 3.01. The largest absolute Gasteiger partial charge is 0.394 e. The molecule has 6 nitrogen and oxygen atoms in total. The molecular weight excluding hydrogens is 270 g/mol. The Balaban J connectivity index is 2.00. The van der Waals surface area contributed by atoms with Gasteiger partial charge in [0.2, 0.25) is 5.91 Å². The number of ether oxygens (including phenoxy) is 1. The minimum absolute atomic E-state index is 0.0452. The summed E-state index contributed by atoms with van der Waals surface area (Å²) >= 11 is 0. The molecular formula is C15H25N3O3. The molecule has 1 aliphatic heterocycles. The number of nitrogens with zero attached hydrogens (tertiary/aromatic N) is 3. The summed E-state index contributed by atoms with van der Waals surface area (Å²) in [4.78, 5) is 18.5. The first kappa shape index (κ1) is 16.0. The van der Waals surface area contributed by atoms with Crippen molar-refractivity contribution in [3.05, 3.63) is 18.7 Å². The van der Waals surface area contributed by atoms with Crippen LogP contribution in [0.1, 0.15) is 39.2 Å². The molecule has 0 bridgehead atoms. The number of aliphatic hydroxyl groups is 1. The molecule has 1 aromatic heterocycles. The van der Waals surface area contributed by atoms with Crippen LogP contribution in [0, 0.1) is 0 Å². The van der Waals surface area contributed by atoms with Gasteiger partial charge in [0.05, 0.1) is 31.7 Å². The quantitative estimate of drug-likeness (QED) is 0.857. The van der Waals surface area contributed by atoms with Crippen molar-refractivity contribution in [2.75, 3.05) is 19.8 Å². The minimum atomic E-state index is -0.261. The van der Waals surface area contributed by atoms with Gasteiger partial charge in [-0.3, -0.25) is 4.79 Å². The number of morpholine rings is 1. The number of amides is 1. The van der Waals surface area contributed by atoms with E-state index in [9.17, 15) is 9.90 Å². The maximum Gasteiger partial charge on any atom is 0.225 e. The second kappa shape index (κ2) is 7.56. The fourth-order valence-corrected chi connectivity index (χ4v) is 2.77. The highest BCUT2D eigenvalue weighted by Crippen LogP contribution is 2.21. The highest BCUT2D eigenvalue weighted by Gasteiger charge is 2.30. The molecule has 0 spiro atoms. The average molecular weight is 295 g/mol. The van der Waals surface area contributed by atoms with Gasteiger partial charge >= 0.3 is 0 Å². The Morgan fingerprint density at radius 1 is 1.57 bits per heavy atom. The molecule has 0 radical (unpaired) electrons. The molecule has 0 aromatic carbocycles. The van der Waals surface area contributed by atoms with E-state index in [0.717, 1.165) is 12.8 Å². The minimum Gasteiger partial charge on any atom is -0.394 e. The smallest absolute Gasteiger partial charge is 0.225 e. The van der Waals surface area contributed by atoms with Crippen molar-refractivity contribution < 1.29 is 14.6 Å². The van der Waals surface area contributed by atoms with Gasteiger partial charge in [0.15, 0.2) is 0 Å². The van der Waals surface area contributed by atoms with Crippen molar-refractivity contribution in [1.29, 1.82) is 0 Å². The number of carbonyl (C=O) groups is 1. The zero-order valence-corrected chi connectivity index (χ0v) is 12.8. The molecule has 6 heteroatoms. The standard InChI is InChI=1S/C15H25N3O3/c1-3-4-13(17-6-5-16-11-17)7-15(20)18-8-14(9-19)21-10-12(18)2/h5-6,11-14,19H,3-4,7-10H2,1-2H3. The highest BCUT2D eigenvalue weighted by atomic mass is 16.5. The van der Waals surface area contributed by atoms with E-state index in [0.29, 0.717) is 19.6 Å². The lowest BCUT2D eigenvalue weighted by Crippen LogP contribution is -2.52. The van der Waals surface area contributed by atoms with Crippen molar-refractivity contribution in [1.82, 2.24) is 14.5 Å². The first-order valence-electron chi connectivity index (χ1n) is 7.65. The van der Waals surface area contributed by atoms with Crippen molar-refractivity contribution in [2.24, 2.45) is 0 Å². The highest BCUT2D eigenvalue weighted by molar-refractivity contribution is 5.77. The van der Waals surface area contributed by atoms with E-state index in [1.54, 1.807) is 12.5 Å². The van der Waals surface area contributed by atoms with Crippen LogP contribution >= 0.6 is 0 Å². The third-order valence-corrected chi connectivity index (χ3v) is 4.01. The molecule has 1 saturated heterocycles. The Morgan fingerprint density at radius 3 is 3.00 bits per heavy atom. The molecule has 2 heterocycles. The summed E-state index contributed by atoms with van der Waals surface area (Å²) in [5.41, 5.74) is 0. The number of carbonyl (C=O) groups excluding carboxylic acids is 1. The van der Waals surface area contributed by atoms with E-state index in [4.69, 9.17) is 4.74 Å². The lowest BCUT2D eigenvalue weighted by atomic mass is 10.1. The van der Waals surface area contributed by atoms with Crippen LogP contribution in [-0.4, -0.2) is 57.4 Å². The molecule has 2 rings (SSSR count). The molecule has 3 unspecified atom stereocenters. The molecule has 1 fully saturated rings. The van der Waals surface area contributed by atoms with E-state index in [-0.39, 0.29) is 30.7 Å². The van der Waals surface area contributed by atoms with Gasteiger partial charge in [-0.2, -0.15) is 0 Å². The Kier molecular flexibility index (Phi) is 5.76. The van der Waals surface area contributed by atoms with Crippen LogP contribution in [0.5, 0.6) is 0 Å². The van der Waals surface area contributed by atoms with Crippen LogP contribution in [0.15, 0.2) is 18.7 Å². The zero-order chi connectivity index (χ0) is 15.2. The summed E-state index contributed by atoms with van der Waals surface area (Å²) in [6, 6.07) is 0.206. The van der Waals surface area contributed by atoms with Crippen molar-refractivity contribution in [3.8, 4) is 0 Å². The van der Waals surface area contributed by atoms with Crippen molar-refractivity contribution in [3.63, 3.8) is 0 Å². The predicted molar refractivity (Wildman–Crippen MR) is 78.8 cm³/mol. The van der Waals surface area contributed by atoms with E-state index < -0.39 is 0 Å².